The number of carbonyl (C=O) groups is 2. The molecule has 0 bridgehead atoms. The van der Waals surface area contributed by atoms with E-state index in [1.807, 2.05) is 53.2 Å². The van der Waals surface area contributed by atoms with Gasteiger partial charge in [-0.3, -0.25) is 9.78 Å². The molecule has 0 aliphatic carbocycles. The van der Waals surface area contributed by atoms with Crippen molar-refractivity contribution in [2.24, 2.45) is 0 Å². The number of likely N-dealkylation sites (tertiary alicyclic amines) is 2. The number of aromatic nitrogens is 1. The highest BCUT2D eigenvalue weighted by Crippen LogP contribution is 2.24. The number of methoxy groups -OCH3 is 1. The zero-order chi connectivity index (χ0) is 27.9. The Labute approximate surface area is 236 Å². The first-order valence-electron chi connectivity index (χ1n) is 14.2. The average Bonchev–Trinajstić information content (AvgIpc) is 3.70. The van der Waals surface area contributed by atoms with Gasteiger partial charge in [0.1, 0.15) is 5.75 Å². The van der Waals surface area contributed by atoms with Gasteiger partial charge < -0.3 is 24.8 Å². The van der Waals surface area contributed by atoms with Gasteiger partial charge in [-0.15, -0.1) is 0 Å². The van der Waals surface area contributed by atoms with Gasteiger partial charge >= 0.3 is 6.03 Å². The van der Waals surface area contributed by atoms with Crippen LogP contribution in [0, 0.1) is 0 Å². The van der Waals surface area contributed by atoms with E-state index in [4.69, 9.17) is 4.74 Å². The minimum absolute atomic E-state index is 0.00761. The zero-order valence-electron chi connectivity index (χ0n) is 23.5. The molecule has 40 heavy (non-hydrogen) atoms. The molecule has 2 fully saturated rings. The lowest BCUT2D eigenvalue weighted by molar-refractivity contribution is 0.0735. The molecule has 2 aromatic carbocycles. The molecular weight excluding hydrogens is 502 g/mol. The van der Waals surface area contributed by atoms with Crippen molar-refractivity contribution in [2.45, 2.75) is 37.8 Å². The van der Waals surface area contributed by atoms with E-state index >= 15 is 0 Å². The van der Waals surface area contributed by atoms with Gasteiger partial charge in [0.05, 0.1) is 19.3 Å². The van der Waals surface area contributed by atoms with E-state index in [1.54, 1.807) is 24.4 Å². The van der Waals surface area contributed by atoms with Crippen LogP contribution in [-0.4, -0.2) is 90.6 Å². The van der Waals surface area contributed by atoms with Crippen LogP contribution >= 0.6 is 0 Å². The van der Waals surface area contributed by atoms with Crippen LogP contribution in [0.5, 0.6) is 5.75 Å². The van der Waals surface area contributed by atoms with Crippen molar-refractivity contribution >= 4 is 11.9 Å². The summed E-state index contributed by atoms with van der Waals surface area (Å²) in [5.74, 6) is 0.660. The number of benzene rings is 2. The number of rotatable bonds is 9. The maximum absolute atomic E-state index is 13.2. The molecule has 0 spiro atoms. The molecule has 3 amide bonds. The largest absolute Gasteiger partial charge is 0.495 e. The van der Waals surface area contributed by atoms with Crippen LogP contribution in [0.3, 0.4) is 0 Å². The van der Waals surface area contributed by atoms with E-state index < -0.39 is 0 Å². The van der Waals surface area contributed by atoms with Gasteiger partial charge in [0.2, 0.25) is 0 Å². The summed E-state index contributed by atoms with van der Waals surface area (Å²) < 4.78 is 5.27. The number of urea groups is 1. The Morgan fingerprint density at radius 3 is 2.50 bits per heavy atom. The standard InChI is InChI=1S/C32H39N5O3/c1-35(31(38)26-12-10-25(11-13-26)27-19-30(40-2)21-33-20-27)29-15-18-37(23-29)32(39)36-17-14-28(22-36)34-16-6-9-24-7-4-3-5-8-24/h3-5,7-8,10-13,19-21,28-29,34H,6,9,14-18,22-23H2,1-2H3/t28-,29-/m0/s1. The minimum atomic E-state index is -0.0319. The molecule has 5 rings (SSSR count). The normalized spacial score (nSPS) is 18.6. The number of hydrogen-bond acceptors (Lipinski definition) is 5. The number of aryl methyl sites for hydroxylation is 1. The number of pyridine rings is 1. The molecule has 210 valence electrons. The minimum Gasteiger partial charge on any atom is -0.495 e. The third kappa shape index (κ3) is 6.62. The first-order valence-corrected chi connectivity index (χ1v) is 14.2. The molecule has 0 unspecified atom stereocenters. The van der Waals surface area contributed by atoms with Crippen LogP contribution < -0.4 is 10.1 Å². The molecule has 0 saturated carbocycles. The Morgan fingerprint density at radius 1 is 0.975 bits per heavy atom. The van der Waals surface area contributed by atoms with Crippen molar-refractivity contribution in [3.8, 4) is 16.9 Å². The van der Waals surface area contributed by atoms with Crippen LogP contribution in [-0.2, 0) is 6.42 Å². The smallest absolute Gasteiger partial charge is 0.320 e. The monoisotopic (exact) mass is 541 g/mol. The Kier molecular flexibility index (Phi) is 8.96. The van der Waals surface area contributed by atoms with Crippen LogP contribution in [0.25, 0.3) is 11.1 Å². The van der Waals surface area contributed by atoms with Crippen molar-refractivity contribution in [3.05, 3.63) is 84.2 Å². The van der Waals surface area contributed by atoms with Gasteiger partial charge in [-0.05, 0) is 61.6 Å². The van der Waals surface area contributed by atoms with Crippen molar-refractivity contribution < 1.29 is 14.3 Å². The molecular formula is C32H39N5O3. The van der Waals surface area contributed by atoms with Gasteiger partial charge in [0, 0.05) is 56.6 Å². The summed E-state index contributed by atoms with van der Waals surface area (Å²) in [6, 6.07) is 20.5. The van der Waals surface area contributed by atoms with E-state index in [2.05, 4.69) is 34.6 Å². The summed E-state index contributed by atoms with van der Waals surface area (Å²) in [5, 5.41) is 3.63. The van der Waals surface area contributed by atoms with Crippen molar-refractivity contribution in [3.63, 3.8) is 0 Å². The SMILES string of the molecule is COc1cncc(-c2ccc(C(=O)N(C)[C@H]3CCN(C(=O)N4CC[C@H](NCCCc5ccccc5)C4)C3)cc2)c1. The van der Waals surface area contributed by atoms with Crippen molar-refractivity contribution in [1.82, 2.24) is 25.0 Å². The van der Waals surface area contributed by atoms with Crippen LogP contribution in [0.4, 0.5) is 4.79 Å². The van der Waals surface area contributed by atoms with Crippen LogP contribution in [0.2, 0.25) is 0 Å². The predicted octanol–water partition coefficient (Wildman–Crippen LogP) is 4.32. The quantitative estimate of drug-likeness (QED) is 0.409. The second-order valence-corrected chi connectivity index (χ2v) is 10.8. The summed E-state index contributed by atoms with van der Waals surface area (Å²) >= 11 is 0. The number of nitrogens with one attached hydrogen (secondary N) is 1. The van der Waals surface area contributed by atoms with Crippen molar-refractivity contribution in [1.29, 1.82) is 0 Å². The Balaban J connectivity index is 1.07. The van der Waals surface area contributed by atoms with E-state index in [-0.39, 0.29) is 18.0 Å². The van der Waals surface area contributed by atoms with Gasteiger partial charge in [-0.1, -0.05) is 42.5 Å². The molecule has 2 aliphatic heterocycles. The number of amides is 3. The zero-order valence-corrected chi connectivity index (χ0v) is 23.5. The highest BCUT2D eigenvalue weighted by molar-refractivity contribution is 5.95. The average molecular weight is 542 g/mol. The summed E-state index contributed by atoms with van der Waals surface area (Å²) in [7, 11) is 3.45. The lowest BCUT2D eigenvalue weighted by Gasteiger charge is -2.27. The maximum atomic E-state index is 13.2. The number of nitrogens with zero attached hydrogens (tertiary/aromatic N) is 4. The second kappa shape index (κ2) is 13.0. The molecule has 3 heterocycles. The molecule has 8 nitrogen and oxygen atoms in total. The molecule has 2 aliphatic rings. The number of ether oxygens (including phenoxy) is 1. The first kappa shape index (κ1) is 27.6. The fourth-order valence-electron chi connectivity index (χ4n) is 5.64. The molecule has 8 heteroatoms. The summed E-state index contributed by atoms with van der Waals surface area (Å²) in [6.07, 6.45) is 7.36. The highest BCUT2D eigenvalue weighted by atomic mass is 16.5. The summed E-state index contributed by atoms with van der Waals surface area (Å²) in [5.41, 5.74) is 3.90. The molecule has 1 aromatic heterocycles. The molecule has 0 radical (unpaired) electrons. The first-order chi connectivity index (χ1) is 19.5. The van der Waals surface area contributed by atoms with E-state index in [1.165, 1.54) is 5.56 Å². The molecule has 1 N–H and O–H groups in total. The van der Waals surface area contributed by atoms with E-state index in [9.17, 15) is 9.59 Å². The van der Waals surface area contributed by atoms with Gasteiger partial charge in [-0.25, -0.2) is 4.79 Å². The fraction of sp³-hybridized carbons (Fsp3) is 0.406. The Morgan fingerprint density at radius 2 is 1.73 bits per heavy atom. The lowest BCUT2D eigenvalue weighted by atomic mass is 10.0. The summed E-state index contributed by atoms with van der Waals surface area (Å²) in [4.78, 5) is 36.4. The third-order valence-electron chi connectivity index (χ3n) is 8.09. The van der Waals surface area contributed by atoms with Gasteiger partial charge in [0.25, 0.3) is 5.91 Å². The topological polar surface area (TPSA) is 78.0 Å². The number of hydrogen-bond donors (Lipinski definition) is 1. The highest BCUT2D eigenvalue weighted by Gasteiger charge is 2.35. The second-order valence-electron chi connectivity index (χ2n) is 10.8. The van der Waals surface area contributed by atoms with Crippen LogP contribution in [0.15, 0.2) is 73.1 Å². The maximum Gasteiger partial charge on any atom is 0.320 e. The number of likely N-dealkylation sites (N-methyl/N-ethyl adjacent to an activating group) is 1. The van der Waals surface area contributed by atoms with Gasteiger partial charge in [0.15, 0.2) is 0 Å². The fourth-order valence-corrected chi connectivity index (χ4v) is 5.64. The van der Waals surface area contributed by atoms with Crippen LogP contribution in [0.1, 0.15) is 35.2 Å². The Hall–Kier alpha value is -3.91. The lowest BCUT2D eigenvalue weighted by Crippen LogP contribution is -2.45. The molecule has 2 saturated heterocycles. The predicted molar refractivity (Wildman–Crippen MR) is 156 cm³/mol. The summed E-state index contributed by atoms with van der Waals surface area (Å²) in [6.45, 7) is 3.72. The molecule has 3 aromatic rings. The van der Waals surface area contributed by atoms with E-state index in [0.29, 0.717) is 30.4 Å². The molecule has 2 atom stereocenters. The third-order valence-corrected chi connectivity index (χ3v) is 8.09. The van der Waals surface area contributed by atoms with Gasteiger partial charge in [-0.2, -0.15) is 0 Å². The van der Waals surface area contributed by atoms with E-state index in [0.717, 1.165) is 56.4 Å². The number of carbonyl (C=O) groups excluding carboxylic acids is 2. The Bertz CT molecular complexity index is 1280. The van der Waals surface area contributed by atoms with Crippen molar-refractivity contribution in [2.75, 3.05) is 46.9 Å².